The molecule has 2 aromatic rings. The Morgan fingerprint density at radius 1 is 1.40 bits per heavy atom. The molecule has 100 valence electrons. The fraction of sp³-hybridized carbons (Fsp3) is 0.0714. The standard InChI is InChI=1S/C14H10BrN3O2/c1-20-13-3-2-11(15)5-12(13)18-14(19)10-4-9(6-16)7-17-8-10/h2-5,7-8H,1H3,(H,18,19). The summed E-state index contributed by atoms with van der Waals surface area (Å²) in [6.07, 6.45) is 2.80. The number of ether oxygens (including phenoxy) is 1. The lowest BCUT2D eigenvalue weighted by atomic mass is 10.2. The molecular formula is C14H10BrN3O2. The van der Waals surface area contributed by atoms with Crippen molar-refractivity contribution >= 4 is 27.5 Å². The fourth-order valence-electron chi connectivity index (χ4n) is 1.60. The van der Waals surface area contributed by atoms with Gasteiger partial charge in [-0.1, -0.05) is 15.9 Å². The van der Waals surface area contributed by atoms with E-state index < -0.39 is 0 Å². The molecule has 0 spiro atoms. The second kappa shape index (κ2) is 6.17. The van der Waals surface area contributed by atoms with Gasteiger partial charge < -0.3 is 10.1 Å². The van der Waals surface area contributed by atoms with Crippen LogP contribution in [0.2, 0.25) is 0 Å². The highest BCUT2D eigenvalue weighted by Crippen LogP contribution is 2.28. The van der Waals surface area contributed by atoms with Crippen LogP contribution >= 0.6 is 15.9 Å². The summed E-state index contributed by atoms with van der Waals surface area (Å²) in [5.41, 5.74) is 1.18. The van der Waals surface area contributed by atoms with Gasteiger partial charge in [-0.2, -0.15) is 5.26 Å². The van der Waals surface area contributed by atoms with E-state index in [0.29, 0.717) is 22.6 Å². The van der Waals surface area contributed by atoms with Crippen molar-refractivity contribution in [1.82, 2.24) is 4.98 Å². The monoisotopic (exact) mass is 331 g/mol. The fourth-order valence-corrected chi connectivity index (χ4v) is 1.96. The van der Waals surface area contributed by atoms with E-state index in [1.54, 1.807) is 12.1 Å². The highest BCUT2D eigenvalue weighted by molar-refractivity contribution is 9.10. The molecule has 2 rings (SSSR count). The van der Waals surface area contributed by atoms with Gasteiger partial charge in [-0.15, -0.1) is 0 Å². The summed E-state index contributed by atoms with van der Waals surface area (Å²) in [5.74, 6) is 0.192. The van der Waals surface area contributed by atoms with Gasteiger partial charge in [0.2, 0.25) is 0 Å². The molecule has 0 atom stereocenters. The van der Waals surface area contributed by atoms with Crippen molar-refractivity contribution in [3.8, 4) is 11.8 Å². The number of hydrogen-bond acceptors (Lipinski definition) is 4. The third-order valence-corrected chi connectivity index (χ3v) is 3.03. The smallest absolute Gasteiger partial charge is 0.257 e. The molecule has 0 aliphatic rings. The van der Waals surface area contributed by atoms with Crippen LogP contribution in [0.4, 0.5) is 5.69 Å². The van der Waals surface area contributed by atoms with Crippen LogP contribution < -0.4 is 10.1 Å². The van der Waals surface area contributed by atoms with Gasteiger partial charge in [-0.05, 0) is 24.3 Å². The third-order valence-electron chi connectivity index (χ3n) is 2.54. The number of nitrogens with one attached hydrogen (secondary N) is 1. The maximum Gasteiger partial charge on any atom is 0.257 e. The average Bonchev–Trinajstić information content (AvgIpc) is 2.47. The number of carbonyl (C=O) groups excluding carboxylic acids is 1. The second-order valence-corrected chi connectivity index (χ2v) is 4.79. The van der Waals surface area contributed by atoms with Gasteiger partial charge >= 0.3 is 0 Å². The van der Waals surface area contributed by atoms with E-state index in [9.17, 15) is 4.79 Å². The van der Waals surface area contributed by atoms with Crippen LogP contribution in [0.3, 0.4) is 0 Å². The zero-order chi connectivity index (χ0) is 14.5. The van der Waals surface area contributed by atoms with Gasteiger partial charge in [-0.3, -0.25) is 9.78 Å². The Bertz CT molecular complexity index is 695. The molecule has 1 aromatic carbocycles. The average molecular weight is 332 g/mol. The van der Waals surface area contributed by atoms with Crippen molar-refractivity contribution in [2.75, 3.05) is 12.4 Å². The van der Waals surface area contributed by atoms with Gasteiger partial charge in [-0.25, -0.2) is 0 Å². The second-order valence-electron chi connectivity index (χ2n) is 3.87. The lowest BCUT2D eigenvalue weighted by Crippen LogP contribution is -2.13. The minimum atomic E-state index is -0.356. The number of nitriles is 1. The minimum Gasteiger partial charge on any atom is -0.495 e. The molecule has 1 N–H and O–H groups in total. The Labute approximate surface area is 124 Å². The summed E-state index contributed by atoms with van der Waals surface area (Å²) >= 11 is 3.33. The Morgan fingerprint density at radius 2 is 2.20 bits per heavy atom. The van der Waals surface area contributed by atoms with E-state index in [4.69, 9.17) is 10.00 Å². The number of rotatable bonds is 3. The third kappa shape index (κ3) is 3.13. The van der Waals surface area contributed by atoms with Crippen LogP contribution in [0.5, 0.6) is 5.75 Å². The molecule has 0 unspecified atom stereocenters. The Kier molecular flexibility index (Phi) is 4.33. The molecule has 1 aromatic heterocycles. The molecule has 0 bridgehead atoms. The van der Waals surface area contributed by atoms with Gasteiger partial charge in [0.25, 0.3) is 5.91 Å². The van der Waals surface area contributed by atoms with E-state index in [1.807, 2.05) is 12.1 Å². The first kappa shape index (κ1) is 14.0. The van der Waals surface area contributed by atoms with Crippen molar-refractivity contribution in [3.63, 3.8) is 0 Å². The Balaban J connectivity index is 2.27. The van der Waals surface area contributed by atoms with Crippen LogP contribution in [-0.2, 0) is 0 Å². The molecule has 0 aliphatic heterocycles. The highest BCUT2D eigenvalue weighted by atomic mass is 79.9. The van der Waals surface area contributed by atoms with Crippen molar-refractivity contribution in [3.05, 3.63) is 52.3 Å². The van der Waals surface area contributed by atoms with Gasteiger partial charge in [0.05, 0.1) is 23.9 Å². The van der Waals surface area contributed by atoms with Gasteiger partial charge in [0.1, 0.15) is 11.8 Å². The molecule has 1 heterocycles. The lowest BCUT2D eigenvalue weighted by molar-refractivity contribution is 0.102. The predicted molar refractivity (Wildman–Crippen MR) is 77.6 cm³/mol. The first-order valence-electron chi connectivity index (χ1n) is 5.64. The summed E-state index contributed by atoms with van der Waals surface area (Å²) in [7, 11) is 1.52. The van der Waals surface area contributed by atoms with E-state index in [2.05, 4.69) is 26.2 Å². The van der Waals surface area contributed by atoms with Crippen LogP contribution in [0.1, 0.15) is 15.9 Å². The number of hydrogen-bond donors (Lipinski definition) is 1. The molecule has 6 heteroatoms. The quantitative estimate of drug-likeness (QED) is 0.938. The summed E-state index contributed by atoms with van der Waals surface area (Å²) in [6, 6.07) is 8.71. The zero-order valence-corrected chi connectivity index (χ0v) is 12.1. The maximum atomic E-state index is 12.1. The van der Waals surface area contributed by atoms with E-state index in [1.165, 1.54) is 25.6 Å². The van der Waals surface area contributed by atoms with E-state index >= 15 is 0 Å². The normalized spacial score (nSPS) is 9.65. The lowest BCUT2D eigenvalue weighted by Gasteiger charge is -2.10. The number of benzene rings is 1. The van der Waals surface area contributed by atoms with Crippen LogP contribution in [0, 0.1) is 11.3 Å². The van der Waals surface area contributed by atoms with Crippen LogP contribution in [0.25, 0.3) is 0 Å². The first-order chi connectivity index (χ1) is 9.63. The molecule has 0 saturated heterocycles. The van der Waals surface area contributed by atoms with Crippen molar-refractivity contribution in [2.24, 2.45) is 0 Å². The van der Waals surface area contributed by atoms with Crippen molar-refractivity contribution in [1.29, 1.82) is 5.26 Å². The first-order valence-corrected chi connectivity index (χ1v) is 6.43. The molecule has 5 nitrogen and oxygen atoms in total. The molecule has 0 aliphatic carbocycles. The van der Waals surface area contributed by atoms with Crippen molar-refractivity contribution < 1.29 is 9.53 Å². The molecule has 20 heavy (non-hydrogen) atoms. The zero-order valence-electron chi connectivity index (χ0n) is 10.6. The SMILES string of the molecule is COc1ccc(Br)cc1NC(=O)c1cncc(C#N)c1. The number of aromatic nitrogens is 1. The maximum absolute atomic E-state index is 12.1. The summed E-state index contributed by atoms with van der Waals surface area (Å²) in [4.78, 5) is 16.0. The number of nitrogens with zero attached hydrogens (tertiary/aromatic N) is 2. The minimum absolute atomic E-state index is 0.311. The number of pyridine rings is 1. The molecular weight excluding hydrogens is 322 g/mol. The number of anilines is 1. The summed E-state index contributed by atoms with van der Waals surface area (Å²) < 4.78 is 6.00. The number of amides is 1. The molecule has 0 radical (unpaired) electrons. The van der Waals surface area contributed by atoms with Crippen LogP contribution in [0.15, 0.2) is 41.1 Å². The highest BCUT2D eigenvalue weighted by Gasteiger charge is 2.11. The van der Waals surface area contributed by atoms with E-state index in [-0.39, 0.29) is 5.91 Å². The summed E-state index contributed by atoms with van der Waals surface area (Å²) in [6.45, 7) is 0. The Morgan fingerprint density at radius 3 is 2.90 bits per heavy atom. The summed E-state index contributed by atoms with van der Waals surface area (Å²) in [5, 5.41) is 11.5. The molecule has 0 saturated carbocycles. The number of carbonyl (C=O) groups is 1. The van der Waals surface area contributed by atoms with Gasteiger partial charge in [0, 0.05) is 16.9 Å². The largest absolute Gasteiger partial charge is 0.495 e. The topological polar surface area (TPSA) is 75.0 Å². The molecule has 1 amide bonds. The number of methoxy groups -OCH3 is 1. The predicted octanol–water partition coefficient (Wildman–Crippen LogP) is 2.98. The van der Waals surface area contributed by atoms with E-state index in [0.717, 1.165) is 4.47 Å². The van der Waals surface area contributed by atoms with Crippen molar-refractivity contribution in [2.45, 2.75) is 0 Å². The Hall–Kier alpha value is -2.39. The number of halogens is 1. The van der Waals surface area contributed by atoms with Gasteiger partial charge in [0.15, 0.2) is 0 Å². The van der Waals surface area contributed by atoms with Crippen LogP contribution in [-0.4, -0.2) is 18.0 Å². The molecule has 0 fully saturated rings.